The number of nitrogens with one attached hydrogen (secondary N) is 2. The number of nitrogens with two attached hydrogens (primary N) is 3. The van der Waals surface area contributed by atoms with E-state index in [4.69, 9.17) is 28.8 Å². The summed E-state index contributed by atoms with van der Waals surface area (Å²) in [7, 11) is 1.52. The molecule has 1 heterocycles. The van der Waals surface area contributed by atoms with Gasteiger partial charge in [0.25, 0.3) is 0 Å². The summed E-state index contributed by atoms with van der Waals surface area (Å²) >= 11 is 6.53. The van der Waals surface area contributed by atoms with Crippen molar-refractivity contribution in [2.75, 3.05) is 26.7 Å². The monoisotopic (exact) mass is 530 g/mol. The SMILES string of the molecule is CN1C(=O)[C@H](CCCN)NC(=O)[C@@H](N)Cc2cc(ccc2O)-c2ccc(Cl)c(c2)C[C@H]1C(=O)NCCN. The third-order valence-corrected chi connectivity index (χ3v) is 6.89. The molecule has 0 saturated heterocycles. The van der Waals surface area contributed by atoms with Crippen LogP contribution in [0.1, 0.15) is 24.0 Å². The second kappa shape index (κ2) is 12.9. The van der Waals surface area contributed by atoms with E-state index >= 15 is 0 Å². The van der Waals surface area contributed by atoms with Gasteiger partial charge in [0, 0.05) is 38.0 Å². The number of carbonyl (C=O) groups is 3. The maximum absolute atomic E-state index is 13.6. The number of rotatable bonds is 6. The van der Waals surface area contributed by atoms with Crippen LogP contribution in [0.3, 0.4) is 0 Å². The van der Waals surface area contributed by atoms with Crippen LogP contribution in [0.5, 0.6) is 5.75 Å². The molecule has 0 spiro atoms. The number of benzene rings is 2. The Morgan fingerprint density at radius 1 is 1.11 bits per heavy atom. The summed E-state index contributed by atoms with van der Waals surface area (Å²) in [6.07, 6.45) is 0.934. The Kier molecular flexibility index (Phi) is 9.87. The van der Waals surface area contributed by atoms with Crippen molar-refractivity contribution in [1.29, 1.82) is 0 Å². The maximum atomic E-state index is 13.6. The molecule has 1 aliphatic heterocycles. The first-order chi connectivity index (χ1) is 17.7. The molecule has 3 rings (SSSR count). The van der Waals surface area contributed by atoms with E-state index in [0.29, 0.717) is 29.1 Å². The Balaban J connectivity index is 2.13. The molecule has 2 aromatic carbocycles. The minimum atomic E-state index is -1.02. The van der Waals surface area contributed by atoms with Crippen LogP contribution < -0.4 is 27.8 Å². The van der Waals surface area contributed by atoms with Gasteiger partial charge < -0.3 is 37.8 Å². The minimum absolute atomic E-state index is 0.0117. The van der Waals surface area contributed by atoms with Gasteiger partial charge in [0.05, 0.1) is 6.04 Å². The van der Waals surface area contributed by atoms with E-state index in [9.17, 15) is 19.5 Å². The number of amides is 3. The number of phenols is 1. The Morgan fingerprint density at radius 3 is 2.46 bits per heavy atom. The Labute approximate surface area is 221 Å². The quantitative estimate of drug-likeness (QED) is 0.310. The summed E-state index contributed by atoms with van der Waals surface area (Å²) < 4.78 is 0. The van der Waals surface area contributed by atoms with Crippen molar-refractivity contribution in [1.82, 2.24) is 15.5 Å². The van der Waals surface area contributed by atoms with Crippen molar-refractivity contribution in [3.05, 3.63) is 52.5 Å². The topological polar surface area (TPSA) is 177 Å². The van der Waals surface area contributed by atoms with Gasteiger partial charge in [-0.25, -0.2) is 0 Å². The van der Waals surface area contributed by atoms with Crippen molar-refractivity contribution >= 4 is 29.3 Å². The van der Waals surface area contributed by atoms with Crippen molar-refractivity contribution < 1.29 is 19.5 Å². The highest BCUT2D eigenvalue weighted by Crippen LogP contribution is 2.30. The average Bonchev–Trinajstić information content (AvgIpc) is 2.89. The minimum Gasteiger partial charge on any atom is -0.508 e. The van der Waals surface area contributed by atoms with Gasteiger partial charge in [0.15, 0.2) is 0 Å². The average molecular weight is 531 g/mol. The van der Waals surface area contributed by atoms with Crippen LogP contribution >= 0.6 is 11.6 Å². The Hall–Kier alpha value is -3.18. The molecule has 0 saturated carbocycles. The lowest BCUT2D eigenvalue weighted by atomic mass is 9.95. The zero-order valence-corrected chi connectivity index (χ0v) is 21.6. The lowest BCUT2D eigenvalue weighted by Gasteiger charge is -2.31. The lowest BCUT2D eigenvalue weighted by molar-refractivity contribution is -0.142. The summed E-state index contributed by atoms with van der Waals surface area (Å²) in [6, 6.07) is 7.60. The molecule has 10 nitrogen and oxygen atoms in total. The predicted molar refractivity (Wildman–Crippen MR) is 143 cm³/mol. The third kappa shape index (κ3) is 6.98. The number of hydrogen-bond donors (Lipinski definition) is 6. The summed E-state index contributed by atoms with van der Waals surface area (Å²) in [5.74, 6) is -1.37. The molecule has 3 atom stereocenters. The highest BCUT2D eigenvalue weighted by molar-refractivity contribution is 6.31. The van der Waals surface area contributed by atoms with Crippen molar-refractivity contribution in [2.24, 2.45) is 17.2 Å². The molecule has 200 valence electrons. The molecular weight excluding hydrogens is 496 g/mol. The second-order valence-electron chi connectivity index (χ2n) is 9.20. The van der Waals surface area contributed by atoms with Crippen LogP contribution in [0.4, 0.5) is 0 Å². The third-order valence-electron chi connectivity index (χ3n) is 6.52. The molecule has 9 N–H and O–H groups in total. The van der Waals surface area contributed by atoms with Crippen molar-refractivity contribution in [2.45, 2.75) is 43.8 Å². The van der Waals surface area contributed by atoms with E-state index in [2.05, 4.69) is 10.6 Å². The number of phenolic OH excluding ortho intramolecular Hbond substituents is 1. The summed E-state index contributed by atoms with van der Waals surface area (Å²) in [6.45, 7) is 0.797. The number of hydrogen-bond acceptors (Lipinski definition) is 7. The second-order valence-corrected chi connectivity index (χ2v) is 9.61. The van der Waals surface area contributed by atoms with E-state index in [-0.39, 0.29) is 44.0 Å². The summed E-state index contributed by atoms with van der Waals surface area (Å²) in [5.41, 5.74) is 20.2. The fraction of sp³-hybridized carbons (Fsp3) is 0.423. The summed E-state index contributed by atoms with van der Waals surface area (Å²) in [5, 5.41) is 16.3. The molecule has 0 fully saturated rings. The van der Waals surface area contributed by atoms with Crippen LogP contribution in [0.25, 0.3) is 11.1 Å². The van der Waals surface area contributed by atoms with Crippen LogP contribution in [-0.2, 0) is 27.2 Å². The van der Waals surface area contributed by atoms with Crippen LogP contribution in [0.15, 0.2) is 36.4 Å². The highest BCUT2D eigenvalue weighted by atomic mass is 35.5. The van der Waals surface area contributed by atoms with Gasteiger partial charge in [-0.15, -0.1) is 0 Å². The van der Waals surface area contributed by atoms with Gasteiger partial charge in [-0.1, -0.05) is 23.7 Å². The fourth-order valence-electron chi connectivity index (χ4n) is 4.35. The number of halogens is 1. The van der Waals surface area contributed by atoms with Crippen molar-refractivity contribution in [3.8, 4) is 16.9 Å². The van der Waals surface area contributed by atoms with Crippen LogP contribution in [0, 0.1) is 0 Å². The molecule has 0 aromatic heterocycles. The number of carbonyl (C=O) groups excluding carboxylic acids is 3. The molecular formula is C26H35ClN6O4. The number of fused-ring (bicyclic) bond motifs is 5. The van der Waals surface area contributed by atoms with Gasteiger partial charge in [-0.3, -0.25) is 14.4 Å². The normalized spacial score (nSPS) is 20.6. The molecule has 3 amide bonds. The van der Waals surface area contributed by atoms with Crippen LogP contribution in [-0.4, -0.2) is 72.5 Å². The van der Waals surface area contributed by atoms with E-state index in [1.807, 2.05) is 12.1 Å². The van der Waals surface area contributed by atoms with Gasteiger partial charge in [-0.2, -0.15) is 0 Å². The number of aromatic hydroxyl groups is 1. The maximum Gasteiger partial charge on any atom is 0.245 e. The van der Waals surface area contributed by atoms with Gasteiger partial charge in [-0.05, 0) is 65.9 Å². The molecule has 11 heteroatoms. The first kappa shape index (κ1) is 28.4. The highest BCUT2D eigenvalue weighted by Gasteiger charge is 2.33. The lowest BCUT2D eigenvalue weighted by Crippen LogP contribution is -2.57. The molecule has 1 aliphatic rings. The van der Waals surface area contributed by atoms with E-state index < -0.39 is 29.9 Å². The van der Waals surface area contributed by atoms with Crippen LogP contribution in [0.2, 0.25) is 5.02 Å². The molecule has 37 heavy (non-hydrogen) atoms. The van der Waals surface area contributed by atoms with Gasteiger partial charge in [0.2, 0.25) is 17.7 Å². The molecule has 2 aromatic rings. The van der Waals surface area contributed by atoms with E-state index in [1.165, 1.54) is 11.9 Å². The summed E-state index contributed by atoms with van der Waals surface area (Å²) in [4.78, 5) is 41.1. The molecule has 0 unspecified atom stereocenters. The smallest absolute Gasteiger partial charge is 0.245 e. The zero-order valence-electron chi connectivity index (χ0n) is 20.9. The largest absolute Gasteiger partial charge is 0.508 e. The number of nitrogens with zero attached hydrogens (tertiary/aromatic N) is 1. The first-order valence-electron chi connectivity index (χ1n) is 12.3. The Bertz CT molecular complexity index is 1140. The zero-order chi connectivity index (χ0) is 27.1. The van der Waals surface area contributed by atoms with Crippen molar-refractivity contribution in [3.63, 3.8) is 0 Å². The predicted octanol–water partition coefficient (Wildman–Crippen LogP) is 0.264. The van der Waals surface area contributed by atoms with Gasteiger partial charge in [0.1, 0.15) is 17.8 Å². The fourth-order valence-corrected chi connectivity index (χ4v) is 4.55. The first-order valence-corrected chi connectivity index (χ1v) is 12.6. The Morgan fingerprint density at radius 2 is 1.78 bits per heavy atom. The van der Waals surface area contributed by atoms with E-state index in [1.54, 1.807) is 24.3 Å². The molecule has 4 bridgehead atoms. The standard InChI is InChI=1S/C26H35ClN6O4/c1-33-22(25(36)31-10-9-29)14-17-11-15(4-6-19(17)27)16-5-7-23(34)18(12-16)13-20(30)24(35)32-21(26(33)37)3-2-8-28/h4-7,11-12,20-22,34H,2-3,8-10,13-14,28-30H2,1H3,(H,31,36)(H,32,35)/t20-,21-,22-/m0/s1. The number of likely N-dealkylation sites (N-methyl/N-ethyl adjacent to an activating group) is 1. The molecule has 0 radical (unpaired) electrons. The van der Waals surface area contributed by atoms with E-state index in [0.717, 1.165) is 11.1 Å². The van der Waals surface area contributed by atoms with Gasteiger partial charge >= 0.3 is 0 Å². The molecule has 0 aliphatic carbocycles.